The topological polar surface area (TPSA) is 44.5 Å². The minimum Gasteiger partial charge on any atom is -0.496 e. The highest BCUT2D eigenvalue weighted by atomic mass is 79.9. The Labute approximate surface area is 138 Å². The fourth-order valence-electron chi connectivity index (χ4n) is 2.16. The molecular formula is C16H17BrClNO2. The van der Waals surface area contributed by atoms with Gasteiger partial charge in [-0.3, -0.25) is 0 Å². The van der Waals surface area contributed by atoms with Crippen molar-refractivity contribution in [1.82, 2.24) is 0 Å². The average molecular weight is 371 g/mol. The summed E-state index contributed by atoms with van der Waals surface area (Å²) in [4.78, 5) is 0. The molecule has 1 unspecified atom stereocenters. The number of methoxy groups -OCH3 is 1. The maximum absolute atomic E-state index is 6.42. The minimum absolute atomic E-state index is 0.365. The van der Waals surface area contributed by atoms with Crippen LogP contribution in [0.2, 0.25) is 5.02 Å². The van der Waals surface area contributed by atoms with Crippen molar-refractivity contribution in [2.75, 3.05) is 13.7 Å². The van der Waals surface area contributed by atoms with Crippen molar-refractivity contribution in [3.63, 3.8) is 0 Å². The summed E-state index contributed by atoms with van der Waals surface area (Å²) in [7, 11) is 1.60. The smallest absolute Gasteiger partial charge is 0.125 e. The van der Waals surface area contributed by atoms with Crippen LogP contribution in [0.3, 0.4) is 0 Å². The molecule has 112 valence electrons. The Morgan fingerprint density at radius 2 is 1.90 bits per heavy atom. The maximum atomic E-state index is 6.42. The van der Waals surface area contributed by atoms with E-state index in [9.17, 15) is 0 Å². The summed E-state index contributed by atoms with van der Waals surface area (Å²) >= 11 is 9.47. The first-order valence-corrected chi connectivity index (χ1v) is 7.75. The van der Waals surface area contributed by atoms with E-state index in [0.717, 1.165) is 21.3 Å². The van der Waals surface area contributed by atoms with E-state index in [-0.39, 0.29) is 6.04 Å². The number of ether oxygens (including phenoxy) is 2. The van der Waals surface area contributed by atoms with Crippen LogP contribution >= 0.6 is 27.5 Å². The molecule has 0 heterocycles. The molecule has 0 bridgehead atoms. The van der Waals surface area contributed by atoms with Crippen molar-refractivity contribution in [1.29, 1.82) is 0 Å². The van der Waals surface area contributed by atoms with E-state index in [2.05, 4.69) is 15.9 Å². The molecule has 0 saturated heterocycles. The summed E-state index contributed by atoms with van der Waals surface area (Å²) in [5.41, 5.74) is 8.18. The van der Waals surface area contributed by atoms with Crippen LogP contribution in [-0.2, 0) is 0 Å². The zero-order valence-electron chi connectivity index (χ0n) is 11.9. The van der Waals surface area contributed by atoms with Crippen LogP contribution in [-0.4, -0.2) is 13.7 Å². The predicted molar refractivity (Wildman–Crippen MR) is 89.3 cm³/mol. The third-order valence-corrected chi connectivity index (χ3v) is 3.87. The van der Waals surface area contributed by atoms with Gasteiger partial charge in [-0.1, -0.05) is 33.6 Å². The lowest BCUT2D eigenvalue weighted by molar-refractivity contribution is 0.335. The Bertz CT molecular complexity index is 634. The van der Waals surface area contributed by atoms with Crippen LogP contribution in [0.1, 0.15) is 24.1 Å². The van der Waals surface area contributed by atoms with E-state index in [0.29, 0.717) is 17.4 Å². The van der Waals surface area contributed by atoms with E-state index in [1.807, 2.05) is 31.2 Å². The quantitative estimate of drug-likeness (QED) is 0.839. The number of nitrogens with two attached hydrogens (primary N) is 1. The monoisotopic (exact) mass is 369 g/mol. The van der Waals surface area contributed by atoms with Crippen LogP contribution in [0.15, 0.2) is 40.9 Å². The fourth-order valence-corrected chi connectivity index (χ4v) is 2.70. The number of hydrogen-bond donors (Lipinski definition) is 1. The first-order valence-electron chi connectivity index (χ1n) is 6.58. The number of halogens is 2. The van der Waals surface area contributed by atoms with Gasteiger partial charge in [0.05, 0.1) is 19.8 Å². The van der Waals surface area contributed by atoms with Crippen LogP contribution in [0.5, 0.6) is 11.5 Å². The Balaban J connectivity index is 2.48. The summed E-state index contributed by atoms with van der Waals surface area (Å²) in [5, 5.41) is 0.613. The molecule has 0 amide bonds. The third-order valence-electron chi connectivity index (χ3n) is 3.14. The molecule has 2 aromatic rings. The SMILES string of the molecule is CCOc1ccc(Br)cc1C(N)c1ccc(Cl)cc1OC. The Hall–Kier alpha value is -1.23. The maximum Gasteiger partial charge on any atom is 0.125 e. The first kappa shape index (κ1) is 16.1. The van der Waals surface area contributed by atoms with Crippen LogP contribution in [0.25, 0.3) is 0 Å². The van der Waals surface area contributed by atoms with Crippen molar-refractivity contribution in [3.05, 3.63) is 57.0 Å². The van der Waals surface area contributed by atoms with E-state index in [1.165, 1.54) is 0 Å². The van der Waals surface area contributed by atoms with E-state index >= 15 is 0 Å². The highest BCUT2D eigenvalue weighted by molar-refractivity contribution is 9.10. The molecule has 1 atom stereocenters. The van der Waals surface area contributed by atoms with Crippen molar-refractivity contribution >= 4 is 27.5 Å². The Morgan fingerprint density at radius 3 is 2.57 bits per heavy atom. The molecule has 0 aliphatic carbocycles. The van der Waals surface area contributed by atoms with Gasteiger partial charge < -0.3 is 15.2 Å². The van der Waals surface area contributed by atoms with Gasteiger partial charge in [0, 0.05) is 20.6 Å². The summed E-state index contributed by atoms with van der Waals surface area (Å²) in [6, 6.07) is 10.9. The lowest BCUT2D eigenvalue weighted by atomic mass is 9.98. The van der Waals surface area contributed by atoms with Crippen molar-refractivity contribution in [2.45, 2.75) is 13.0 Å². The minimum atomic E-state index is -0.365. The Morgan fingerprint density at radius 1 is 1.14 bits per heavy atom. The number of benzene rings is 2. The molecule has 0 saturated carbocycles. The molecule has 0 fully saturated rings. The largest absolute Gasteiger partial charge is 0.496 e. The predicted octanol–water partition coefficient (Wildman–Crippen LogP) is 4.56. The van der Waals surface area contributed by atoms with Gasteiger partial charge in [0.2, 0.25) is 0 Å². The standard InChI is InChI=1S/C16H17BrClNO2/c1-3-21-14-7-4-10(17)8-13(14)16(19)12-6-5-11(18)9-15(12)20-2/h4-9,16H,3,19H2,1-2H3. The lowest BCUT2D eigenvalue weighted by Gasteiger charge is -2.19. The fraction of sp³-hybridized carbons (Fsp3) is 0.250. The van der Waals surface area contributed by atoms with E-state index < -0.39 is 0 Å². The van der Waals surface area contributed by atoms with Crippen LogP contribution in [0, 0.1) is 0 Å². The zero-order valence-corrected chi connectivity index (χ0v) is 14.2. The molecule has 2 N–H and O–H groups in total. The molecule has 2 aromatic carbocycles. The molecule has 0 aliphatic rings. The molecule has 21 heavy (non-hydrogen) atoms. The van der Waals surface area contributed by atoms with Crippen LogP contribution in [0.4, 0.5) is 0 Å². The molecule has 5 heteroatoms. The van der Waals surface area contributed by atoms with E-state index in [4.69, 9.17) is 26.8 Å². The van der Waals surface area contributed by atoms with Crippen LogP contribution < -0.4 is 15.2 Å². The van der Waals surface area contributed by atoms with E-state index in [1.54, 1.807) is 19.2 Å². The molecule has 0 aliphatic heterocycles. The van der Waals surface area contributed by atoms with Crippen molar-refractivity contribution < 1.29 is 9.47 Å². The molecule has 2 rings (SSSR count). The second-order valence-corrected chi connectivity index (χ2v) is 5.83. The Kier molecular flexibility index (Phi) is 5.51. The number of hydrogen-bond acceptors (Lipinski definition) is 3. The van der Waals surface area contributed by atoms with Gasteiger partial charge in [0.25, 0.3) is 0 Å². The summed E-state index contributed by atoms with van der Waals surface area (Å²) < 4.78 is 12.0. The normalized spacial score (nSPS) is 12.0. The van der Waals surface area contributed by atoms with Gasteiger partial charge in [0.15, 0.2) is 0 Å². The summed E-state index contributed by atoms with van der Waals surface area (Å²) in [5.74, 6) is 1.43. The van der Waals surface area contributed by atoms with Gasteiger partial charge >= 0.3 is 0 Å². The van der Waals surface area contributed by atoms with Gasteiger partial charge in [-0.15, -0.1) is 0 Å². The lowest BCUT2D eigenvalue weighted by Crippen LogP contribution is -2.14. The summed E-state index contributed by atoms with van der Waals surface area (Å²) in [6.45, 7) is 2.53. The number of rotatable bonds is 5. The molecule has 0 spiro atoms. The first-order chi connectivity index (χ1) is 10.1. The second kappa shape index (κ2) is 7.16. The van der Waals surface area contributed by atoms with Crippen molar-refractivity contribution in [3.8, 4) is 11.5 Å². The average Bonchev–Trinajstić information content (AvgIpc) is 2.48. The molecule has 0 radical (unpaired) electrons. The third kappa shape index (κ3) is 3.70. The zero-order chi connectivity index (χ0) is 15.4. The summed E-state index contributed by atoms with van der Waals surface area (Å²) in [6.07, 6.45) is 0. The van der Waals surface area contributed by atoms with Gasteiger partial charge in [-0.25, -0.2) is 0 Å². The highest BCUT2D eigenvalue weighted by Gasteiger charge is 2.18. The van der Waals surface area contributed by atoms with Gasteiger partial charge in [0.1, 0.15) is 11.5 Å². The molecule has 3 nitrogen and oxygen atoms in total. The molecule has 0 aromatic heterocycles. The van der Waals surface area contributed by atoms with Gasteiger partial charge in [-0.05, 0) is 37.3 Å². The highest BCUT2D eigenvalue weighted by Crippen LogP contribution is 2.36. The van der Waals surface area contributed by atoms with Crippen molar-refractivity contribution in [2.24, 2.45) is 5.73 Å². The van der Waals surface area contributed by atoms with Gasteiger partial charge in [-0.2, -0.15) is 0 Å². The second-order valence-electron chi connectivity index (χ2n) is 4.48. The molecular weight excluding hydrogens is 354 g/mol.